The van der Waals surface area contributed by atoms with E-state index in [-0.39, 0.29) is 10.9 Å². The number of rotatable bonds is 6. The van der Waals surface area contributed by atoms with E-state index in [1.165, 1.54) is 28.2 Å². The van der Waals surface area contributed by atoms with Gasteiger partial charge >= 0.3 is 0 Å². The van der Waals surface area contributed by atoms with E-state index in [0.29, 0.717) is 6.54 Å². The number of hydrogen-bond acceptors (Lipinski definition) is 4. The third-order valence-electron chi connectivity index (χ3n) is 4.65. The zero-order valence-corrected chi connectivity index (χ0v) is 15.0. The van der Waals surface area contributed by atoms with Gasteiger partial charge in [0.1, 0.15) is 4.90 Å². The quantitative estimate of drug-likeness (QED) is 0.860. The third-order valence-corrected chi connectivity index (χ3v) is 6.03. The first-order valence-corrected chi connectivity index (χ1v) is 9.77. The Morgan fingerprint density at radius 3 is 2.71 bits per heavy atom. The Morgan fingerprint density at radius 1 is 1.29 bits per heavy atom. The van der Waals surface area contributed by atoms with Gasteiger partial charge < -0.3 is 0 Å². The van der Waals surface area contributed by atoms with Gasteiger partial charge in [0.25, 0.3) is 0 Å². The molecule has 0 bridgehead atoms. The predicted molar refractivity (Wildman–Crippen MR) is 93.0 cm³/mol. The average molecular weight is 348 g/mol. The number of hydrogen-bond donors (Lipinski definition) is 1. The maximum atomic E-state index is 12.4. The molecule has 1 aliphatic rings. The molecule has 0 saturated heterocycles. The molecule has 1 atom stereocenters. The second-order valence-corrected chi connectivity index (χ2v) is 8.02. The van der Waals surface area contributed by atoms with Crippen LogP contribution in [0.2, 0.25) is 0 Å². The molecule has 3 rings (SSSR count). The summed E-state index contributed by atoms with van der Waals surface area (Å²) >= 11 is 0. The minimum Gasteiger partial charge on any atom is -0.295 e. The van der Waals surface area contributed by atoms with E-state index in [1.54, 1.807) is 7.05 Å². The van der Waals surface area contributed by atoms with Crippen molar-refractivity contribution in [2.45, 2.75) is 37.2 Å². The van der Waals surface area contributed by atoms with Crippen LogP contribution in [-0.2, 0) is 30.0 Å². The molecule has 0 radical (unpaired) electrons. The minimum atomic E-state index is -3.50. The second kappa shape index (κ2) is 7.04. The largest absolute Gasteiger partial charge is 0.295 e. The molecule has 1 aromatic heterocycles. The van der Waals surface area contributed by atoms with Crippen LogP contribution in [-0.4, -0.2) is 42.2 Å². The molecule has 0 fully saturated rings. The number of benzene rings is 1. The molecule has 0 saturated carbocycles. The summed E-state index contributed by atoms with van der Waals surface area (Å²) in [6.45, 7) is 4.35. The highest BCUT2D eigenvalue weighted by Gasteiger charge is 2.24. The predicted octanol–water partition coefficient (Wildman–Crippen LogP) is 1.54. The highest BCUT2D eigenvalue weighted by Crippen LogP contribution is 2.21. The van der Waals surface area contributed by atoms with E-state index in [4.69, 9.17) is 0 Å². The van der Waals surface area contributed by atoms with Gasteiger partial charge in [0, 0.05) is 38.9 Å². The van der Waals surface area contributed by atoms with Crippen LogP contribution in [0.15, 0.2) is 41.6 Å². The first-order valence-electron chi connectivity index (χ1n) is 8.28. The summed E-state index contributed by atoms with van der Waals surface area (Å²) in [5.41, 5.74) is 2.75. The van der Waals surface area contributed by atoms with Gasteiger partial charge in [0.15, 0.2) is 0 Å². The van der Waals surface area contributed by atoms with Gasteiger partial charge in [0.05, 0.1) is 6.20 Å². The first kappa shape index (κ1) is 17.1. The van der Waals surface area contributed by atoms with Crippen LogP contribution in [0.1, 0.15) is 24.5 Å². The van der Waals surface area contributed by atoms with Gasteiger partial charge in [-0.1, -0.05) is 31.2 Å². The van der Waals surface area contributed by atoms with Crippen molar-refractivity contribution in [3.05, 3.63) is 47.8 Å². The number of fused-ring (bicyclic) bond motifs is 1. The summed E-state index contributed by atoms with van der Waals surface area (Å²) in [4.78, 5) is 2.58. The van der Waals surface area contributed by atoms with E-state index >= 15 is 0 Å². The zero-order valence-electron chi connectivity index (χ0n) is 14.1. The lowest BCUT2D eigenvalue weighted by Crippen LogP contribution is -2.45. The summed E-state index contributed by atoms with van der Waals surface area (Å²) in [6, 6.07) is 8.67. The van der Waals surface area contributed by atoms with E-state index in [2.05, 4.69) is 45.9 Å². The van der Waals surface area contributed by atoms with Crippen LogP contribution in [0.5, 0.6) is 0 Å². The number of nitrogens with one attached hydrogen (secondary N) is 1. The van der Waals surface area contributed by atoms with E-state index in [1.807, 2.05) is 0 Å². The Labute approximate surface area is 143 Å². The minimum absolute atomic E-state index is 0.185. The summed E-state index contributed by atoms with van der Waals surface area (Å²) in [6.07, 6.45) is 4.81. The molecular weight excluding hydrogens is 324 g/mol. The van der Waals surface area contributed by atoms with Crippen molar-refractivity contribution in [1.29, 1.82) is 0 Å². The zero-order chi connectivity index (χ0) is 17.2. The molecular formula is C17H24N4O2S. The van der Waals surface area contributed by atoms with Crippen molar-refractivity contribution >= 4 is 10.0 Å². The molecule has 2 heterocycles. The number of aryl methyl sites for hydroxylation is 1. The summed E-state index contributed by atoms with van der Waals surface area (Å²) in [5, 5.41) is 3.93. The molecule has 24 heavy (non-hydrogen) atoms. The monoisotopic (exact) mass is 348 g/mol. The topological polar surface area (TPSA) is 67.2 Å². The first-order chi connectivity index (χ1) is 11.5. The molecule has 1 aromatic carbocycles. The maximum absolute atomic E-state index is 12.4. The molecule has 0 amide bonds. The molecule has 130 valence electrons. The molecule has 0 aliphatic carbocycles. The second-order valence-electron chi connectivity index (χ2n) is 6.25. The van der Waals surface area contributed by atoms with E-state index in [9.17, 15) is 8.42 Å². The Hall–Kier alpha value is -1.70. The molecule has 7 heteroatoms. The summed E-state index contributed by atoms with van der Waals surface area (Å²) in [7, 11) is -1.80. The fourth-order valence-electron chi connectivity index (χ4n) is 3.19. The number of aromatic nitrogens is 2. The average Bonchev–Trinajstić information content (AvgIpc) is 3.02. The Kier molecular flexibility index (Phi) is 5.03. The van der Waals surface area contributed by atoms with Gasteiger partial charge in [-0.05, 0) is 24.0 Å². The van der Waals surface area contributed by atoms with Crippen molar-refractivity contribution in [3.8, 4) is 0 Å². The van der Waals surface area contributed by atoms with Crippen LogP contribution in [0.4, 0.5) is 0 Å². The van der Waals surface area contributed by atoms with Crippen molar-refractivity contribution in [2.24, 2.45) is 7.05 Å². The van der Waals surface area contributed by atoms with Crippen molar-refractivity contribution in [2.75, 3.05) is 13.1 Å². The Bertz CT molecular complexity index is 800. The fourth-order valence-corrected chi connectivity index (χ4v) is 4.24. The SMILES string of the molecule is CC[C@@H](CNS(=O)(=O)c1cnn(C)c1)N1CCc2ccccc2C1. The smallest absolute Gasteiger partial charge is 0.243 e. The molecule has 1 aliphatic heterocycles. The molecule has 1 N–H and O–H groups in total. The van der Waals surface area contributed by atoms with Gasteiger partial charge in [-0.15, -0.1) is 0 Å². The van der Waals surface area contributed by atoms with Crippen molar-refractivity contribution in [1.82, 2.24) is 19.4 Å². The van der Waals surface area contributed by atoms with E-state index in [0.717, 1.165) is 25.9 Å². The molecule has 0 unspecified atom stereocenters. The molecule has 6 nitrogen and oxygen atoms in total. The van der Waals surface area contributed by atoms with Gasteiger partial charge in [0.2, 0.25) is 10.0 Å². The lowest BCUT2D eigenvalue weighted by molar-refractivity contribution is 0.175. The van der Waals surface area contributed by atoms with Crippen LogP contribution < -0.4 is 4.72 Å². The number of nitrogens with zero attached hydrogens (tertiary/aromatic N) is 3. The lowest BCUT2D eigenvalue weighted by Gasteiger charge is -2.35. The van der Waals surface area contributed by atoms with Crippen LogP contribution >= 0.6 is 0 Å². The highest BCUT2D eigenvalue weighted by molar-refractivity contribution is 7.89. The van der Waals surface area contributed by atoms with Crippen LogP contribution in [0.25, 0.3) is 0 Å². The highest BCUT2D eigenvalue weighted by atomic mass is 32.2. The van der Waals surface area contributed by atoms with Crippen LogP contribution in [0.3, 0.4) is 0 Å². The van der Waals surface area contributed by atoms with Gasteiger partial charge in [-0.25, -0.2) is 13.1 Å². The van der Waals surface area contributed by atoms with Crippen molar-refractivity contribution in [3.63, 3.8) is 0 Å². The van der Waals surface area contributed by atoms with Gasteiger partial charge in [-0.2, -0.15) is 5.10 Å². The standard InChI is InChI=1S/C17H24N4O2S/c1-3-16(10-19-24(22,23)17-11-18-20(2)13-17)21-9-8-14-6-4-5-7-15(14)12-21/h4-7,11,13,16,19H,3,8-10,12H2,1-2H3/t16-/m0/s1. The Morgan fingerprint density at radius 2 is 2.04 bits per heavy atom. The van der Waals surface area contributed by atoms with E-state index < -0.39 is 10.0 Å². The fraction of sp³-hybridized carbons (Fsp3) is 0.471. The lowest BCUT2D eigenvalue weighted by atomic mass is 9.98. The molecule has 2 aromatic rings. The Balaban J connectivity index is 1.65. The summed E-state index contributed by atoms with van der Waals surface area (Å²) < 4.78 is 29.0. The molecule has 0 spiro atoms. The summed E-state index contributed by atoms with van der Waals surface area (Å²) in [5.74, 6) is 0. The third kappa shape index (κ3) is 3.68. The normalized spacial score (nSPS) is 16.8. The van der Waals surface area contributed by atoms with Gasteiger partial charge in [-0.3, -0.25) is 9.58 Å². The maximum Gasteiger partial charge on any atom is 0.243 e. The van der Waals surface area contributed by atoms with Crippen LogP contribution in [0, 0.1) is 0 Å². The van der Waals surface area contributed by atoms with Crippen molar-refractivity contribution < 1.29 is 8.42 Å². The number of sulfonamides is 1.